The van der Waals surface area contributed by atoms with Crippen LogP contribution in [0.4, 0.5) is 10.1 Å². The molecular formula is C18H9BrCl2FN3S. The summed E-state index contributed by atoms with van der Waals surface area (Å²) in [6.45, 7) is 0. The van der Waals surface area contributed by atoms with Crippen LogP contribution >= 0.6 is 50.5 Å². The van der Waals surface area contributed by atoms with Crippen molar-refractivity contribution < 1.29 is 4.39 Å². The van der Waals surface area contributed by atoms with E-state index in [1.54, 1.807) is 30.3 Å². The van der Waals surface area contributed by atoms with Gasteiger partial charge in [0.15, 0.2) is 0 Å². The van der Waals surface area contributed by atoms with Crippen LogP contribution in [0.25, 0.3) is 16.8 Å². The predicted molar refractivity (Wildman–Crippen MR) is 109 cm³/mol. The molecule has 0 aliphatic carbocycles. The molecule has 1 heterocycles. The Bertz CT molecular complexity index is 1040. The fourth-order valence-electron chi connectivity index (χ4n) is 2.08. The molecule has 0 fully saturated rings. The summed E-state index contributed by atoms with van der Waals surface area (Å²) in [4.78, 5) is 4.46. The smallest absolute Gasteiger partial charge is 0.147 e. The number of anilines is 1. The van der Waals surface area contributed by atoms with Crippen molar-refractivity contribution in [3.05, 3.63) is 73.3 Å². The summed E-state index contributed by atoms with van der Waals surface area (Å²) >= 11 is 16.5. The lowest BCUT2D eigenvalue weighted by Gasteiger charge is -2.03. The van der Waals surface area contributed by atoms with E-state index in [-0.39, 0.29) is 5.69 Å². The normalized spacial score (nSPS) is 11.3. The highest BCUT2D eigenvalue weighted by Gasteiger charge is 2.11. The lowest BCUT2D eigenvalue weighted by Crippen LogP contribution is -1.94. The summed E-state index contributed by atoms with van der Waals surface area (Å²) < 4.78 is 14.5. The van der Waals surface area contributed by atoms with Crippen LogP contribution in [0.15, 0.2) is 52.5 Å². The van der Waals surface area contributed by atoms with Gasteiger partial charge in [0, 0.05) is 21.6 Å². The highest BCUT2D eigenvalue weighted by atomic mass is 79.9. The van der Waals surface area contributed by atoms with Gasteiger partial charge in [0.2, 0.25) is 0 Å². The number of hydrogen-bond donors (Lipinski definition) is 1. The standard InChI is InChI=1S/C18H9BrCl2FN3S/c19-12-2-4-16(15(22)6-12)24-8-11(7-23)18-25-17(9-26-18)10-1-3-13(20)14(21)5-10/h1-6,8-9,24H. The molecule has 3 nitrogen and oxygen atoms in total. The van der Waals surface area contributed by atoms with Crippen LogP contribution in [0.3, 0.4) is 0 Å². The molecular weight excluding hydrogens is 460 g/mol. The Morgan fingerprint density at radius 1 is 1.23 bits per heavy atom. The van der Waals surface area contributed by atoms with Gasteiger partial charge in [0.25, 0.3) is 0 Å². The van der Waals surface area contributed by atoms with Gasteiger partial charge in [-0.1, -0.05) is 45.2 Å². The molecule has 0 aliphatic heterocycles. The number of halogens is 4. The van der Waals surface area contributed by atoms with Crippen molar-refractivity contribution >= 4 is 61.7 Å². The van der Waals surface area contributed by atoms with E-state index in [4.69, 9.17) is 23.2 Å². The van der Waals surface area contributed by atoms with Crippen LogP contribution < -0.4 is 5.32 Å². The molecule has 130 valence electrons. The Morgan fingerprint density at radius 3 is 2.73 bits per heavy atom. The zero-order chi connectivity index (χ0) is 18.7. The minimum Gasteiger partial charge on any atom is -0.358 e. The maximum atomic E-state index is 13.9. The number of benzene rings is 2. The Morgan fingerprint density at radius 2 is 2.04 bits per heavy atom. The number of rotatable bonds is 4. The van der Waals surface area contributed by atoms with Crippen molar-refractivity contribution in [2.24, 2.45) is 0 Å². The zero-order valence-corrected chi connectivity index (χ0v) is 16.8. The molecule has 0 saturated carbocycles. The summed E-state index contributed by atoms with van der Waals surface area (Å²) in [5.74, 6) is -0.427. The number of nitrogens with zero attached hydrogens (tertiary/aromatic N) is 2. The lowest BCUT2D eigenvalue weighted by molar-refractivity contribution is 0.631. The minimum atomic E-state index is -0.427. The second-order valence-electron chi connectivity index (χ2n) is 5.11. The third-order valence-corrected chi connectivity index (χ3v) is 5.48. The first-order valence-corrected chi connectivity index (χ1v) is 9.64. The summed E-state index contributed by atoms with van der Waals surface area (Å²) in [6.07, 6.45) is 1.43. The average molecular weight is 469 g/mol. The van der Waals surface area contributed by atoms with Crippen molar-refractivity contribution in [3.63, 3.8) is 0 Å². The number of allylic oxidation sites excluding steroid dienone is 1. The zero-order valence-electron chi connectivity index (χ0n) is 12.9. The van der Waals surface area contributed by atoms with Gasteiger partial charge in [-0.15, -0.1) is 11.3 Å². The Balaban J connectivity index is 1.86. The molecule has 3 aromatic rings. The van der Waals surface area contributed by atoms with Crippen LogP contribution in [-0.4, -0.2) is 4.98 Å². The molecule has 0 aliphatic rings. The monoisotopic (exact) mass is 467 g/mol. The van der Waals surface area contributed by atoms with Crippen molar-refractivity contribution in [3.8, 4) is 17.3 Å². The van der Waals surface area contributed by atoms with Crippen LogP contribution in [-0.2, 0) is 0 Å². The third kappa shape index (κ3) is 4.25. The molecule has 8 heteroatoms. The van der Waals surface area contributed by atoms with E-state index in [1.807, 2.05) is 5.38 Å². The maximum Gasteiger partial charge on any atom is 0.147 e. The first-order chi connectivity index (χ1) is 12.5. The molecule has 26 heavy (non-hydrogen) atoms. The maximum absolute atomic E-state index is 13.9. The van der Waals surface area contributed by atoms with E-state index in [2.05, 4.69) is 32.3 Å². The first kappa shape index (κ1) is 18.9. The van der Waals surface area contributed by atoms with Gasteiger partial charge in [-0.25, -0.2) is 9.37 Å². The molecule has 0 amide bonds. The van der Waals surface area contributed by atoms with Gasteiger partial charge in [-0.2, -0.15) is 5.26 Å². The molecule has 0 saturated heterocycles. The van der Waals surface area contributed by atoms with E-state index in [0.29, 0.717) is 30.8 Å². The molecule has 0 radical (unpaired) electrons. The number of hydrogen-bond acceptors (Lipinski definition) is 4. The van der Waals surface area contributed by atoms with Gasteiger partial charge in [-0.3, -0.25) is 0 Å². The first-order valence-electron chi connectivity index (χ1n) is 7.21. The quantitative estimate of drug-likeness (QED) is 0.419. The van der Waals surface area contributed by atoms with E-state index in [1.165, 1.54) is 23.6 Å². The van der Waals surface area contributed by atoms with E-state index < -0.39 is 5.82 Å². The van der Waals surface area contributed by atoms with Gasteiger partial charge in [-0.05, 0) is 30.3 Å². The summed E-state index contributed by atoms with van der Waals surface area (Å²) in [7, 11) is 0. The van der Waals surface area contributed by atoms with Gasteiger partial charge >= 0.3 is 0 Å². The topological polar surface area (TPSA) is 48.7 Å². The highest BCUT2D eigenvalue weighted by Crippen LogP contribution is 2.31. The second-order valence-corrected chi connectivity index (χ2v) is 7.69. The molecule has 1 N–H and O–H groups in total. The van der Waals surface area contributed by atoms with Crippen LogP contribution in [0.1, 0.15) is 5.01 Å². The SMILES string of the molecule is N#CC(=CNc1ccc(Br)cc1F)c1nc(-c2ccc(Cl)c(Cl)c2)cs1. The van der Waals surface area contributed by atoms with Crippen molar-refractivity contribution in [1.29, 1.82) is 5.26 Å². The molecule has 0 spiro atoms. The molecule has 0 atom stereocenters. The van der Waals surface area contributed by atoms with Gasteiger partial charge in [0.1, 0.15) is 22.5 Å². The molecule has 1 aromatic heterocycles. The fraction of sp³-hybridized carbons (Fsp3) is 0. The Labute approximate surface area is 171 Å². The number of aromatic nitrogens is 1. The fourth-order valence-corrected chi connectivity index (χ4v) is 3.51. The Hall–Kier alpha value is -1.91. The van der Waals surface area contributed by atoms with Gasteiger partial charge < -0.3 is 5.32 Å². The summed E-state index contributed by atoms with van der Waals surface area (Å²) in [5.41, 5.74) is 2.04. The van der Waals surface area contributed by atoms with Crippen LogP contribution in [0.2, 0.25) is 10.0 Å². The number of thiazole rings is 1. The predicted octanol–water partition coefficient (Wildman–Crippen LogP) is 7.00. The lowest BCUT2D eigenvalue weighted by atomic mass is 10.2. The van der Waals surface area contributed by atoms with Crippen LogP contribution in [0, 0.1) is 17.1 Å². The Kier molecular flexibility index (Phi) is 5.94. The molecule has 0 unspecified atom stereocenters. The third-order valence-electron chi connectivity index (χ3n) is 3.37. The van der Waals surface area contributed by atoms with E-state index >= 15 is 0 Å². The largest absolute Gasteiger partial charge is 0.358 e. The minimum absolute atomic E-state index is 0.266. The van der Waals surface area contributed by atoms with Gasteiger partial charge in [0.05, 0.1) is 21.4 Å². The number of nitrogens with one attached hydrogen (secondary N) is 1. The van der Waals surface area contributed by atoms with Crippen LogP contribution in [0.5, 0.6) is 0 Å². The molecule has 0 bridgehead atoms. The van der Waals surface area contributed by atoms with E-state index in [9.17, 15) is 9.65 Å². The molecule has 3 rings (SSSR count). The van der Waals surface area contributed by atoms with Crippen molar-refractivity contribution in [1.82, 2.24) is 4.98 Å². The number of nitriles is 1. The second kappa shape index (κ2) is 8.19. The average Bonchev–Trinajstić information content (AvgIpc) is 3.09. The summed E-state index contributed by atoms with van der Waals surface area (Å²) in [5, 5.41) is 15.4. The van der Waals surface area contributed by atoms with Crippen molar-refractivity contribution in [2.75, 3.05) is 5.32 Å². The van der Waals surface area contributed by atoms with Crippen molar-refractivity contribution in [2.45, 2.75) is 0 Å². The molecule has 2 aromatic carbocycles. The van der Waals surface area contributed by atoms with E-state index in [0.717, 1.165) is 5.56 Å². The highest BCUT2D eigenvalue weighted by molar-refractivity contribution is 9.10. The summed E-state index contributed by atoms with van der Waals surface area (Å²) in [6, 6.07) is 11.9.